The Balaban J connectivity index is 0.000000307. The monoisotopic (exact) mass is 355 g/mol. The zero-order valence-corrected chi connectivity index (χ0v) is 14.3. The van der Waals surface area contributed by atoms with Crippen LogP contribution in [0.15, 0.2) is 36.4 Å². The van der Waals surface area contributed by atoms with Crippen LogP contribution >= 0.6 is 11.6 Å². The van der Waals surface area contributed by atoms with Crippen LogP contribution in [-0.2, 0) is 9.59 Å². The number of rotatable bonds is 3. The topological polar surface area (TPSA) is 98.1 Å². The first-order valence-electron chi connectivity index (χ1n) is 7.50. The maximum absolute atomic E-state index is 9.84. The number of halogens is 1. The number of aliphatic hydroxyl groups excluding tert-OH is 1. The van der Waals surface area contributed by atoms with Gasteiger partial charge in [-0.15, -0.1) is 0 Å². The summed E-state index contributed by atoms with van der Waals surface area (Å²) in [6.07, 6.45) is 2.56. The maximum atomic E-state index is 9.84. The Morgan fingerprint density at radius 3 is 2.29 bits per heavy atom. The fourth-order valence-corrected chi connectivity index (χ4v) is 2.81. The molecule has 3 atom stereocenters. The van der Waals surface area contributed by atoms with Gasteiger partial charge in [-0.25, -0.2) is 9.59 Å². The summed E-state index contributed by atoms with van der Waals surface area (Å²) >= 11 is 6.00. The smallest absolute Gasteiger partial charge is 0.328 e. The standard InChI is InChI=1S/C13H18ClNO.C4H4O4/c1-9-6-12(16)8-13(15(9)2)10-4-3-5-11(14)7-10;5-3(6)1-2-4(7)8/h3-5,7,9,12-13,16H,6,8H2,1-2H3;1-2H,(H,5,6)(H,7,8)/b;2-1+. The van der Waals surface area contributed by atoms with Gasteiger partial charge in [-0.2, -0.15) is 0 Å². The molecule has 0 aliphatic carbocycles. The number of carboxylic acid groups (broad SMARTS) is 2. The van der Waals surface area contributed by atoms with Crippen LogP contribution in [0.5, 0.6) is 0 Å². The normalized spacial score (nSPS) is 24.2. The predicted molar refractivity (Wildman–Crippen MR) is 91.1 cm³/mol. The van der Waals surface area contributed by atoms with Crippen LogP contribution in [0.4, 0.5) is 0 Å². The van der Waals surface area contributed by atoms with E-state index in [9.17, 15) is 14.7 Å². The Bertz CT molecular complexity index is 588. The zero-order valence-electron chi connectivity index (χ0n) is 13.6. The average Bonchev–Trinajstić information content (AvgIpc) is 2.49. The highest BCUT2D eigenvalue weighted by Crippen LogP contribution is 2.33. The highest BCUT2D eigenvalue weighted by molar-refractivity contribution is 6.30. The maximum Gasteiger partial charge on any atom is 0.328 e. The van der Waals surface area contributed by atoms with Crippen molar-refractivity contribution < 1.29 is 24.9 Å². The van der Waals surface area contributed by atoms with Gasteiger partial charge in [-0.1, -0.05) is 23.7 Å². The highest BCUT2D eigenvalue weighted by atomic mass is 35.5. The second-order valence-electron chi connectivity index (χ2n) is 5.72. The Kier molecular flexibility index (Phi) is 7.91. The number of likely N-dealkylation sites (tertiary alicyclic amines) is 1. The number of aliphatic carboxylic acids is 2. The lowest BCUT2D eigenvalue weighted by Gasteiger charge is -2.40. The Morgan fingerprint density at radius 2 is 1.79 bits per heavy atom. The summed E-state index contributed by atoms with van der Waals surface area (Å²) in [5, 5.41) is 26.2. The van der Waals surface area contributed by atoms with Crippen molar-refractivity contribution in [2.24, 2.45) is 0 Å². The van der Waals surface area contributed by atoms with E-state index in [2.05, 4.69) is 24.9 Å². The van der Waals surface area contributed by atoms with Gasteiger partial charge in [0.1, 0.15) is 0 Å². The number of nitrogens with zero attached hydrogens (tertiary/aromatic N) is 1. The van der Waals surface area contributed by atoms with Crippen molar-refractivity contribution in [2.45, 2.75) is 38.0 Å². The summed E-state index contributed by atoms with van der Waals surface area (Å²) in [4.78, 5) is 21.4. The number of hydrogen-bond acceptors (Lipinski definition) is 4. The lowest BCUT2D eigenvalue weighted by Crippen LogP contribution is -2.42. The minimum absolute atomic E-state index is 0.199. The fraction of sp³-hybridized carbons (Fsp3) is 0.412. The molecule has 1 saturated heterocycles. The van der Waals surface area contributed by atoms with Gasteiger partial charge < -0.3 is 15.3 Å². The Labute approximate surface area is 146 Å². The molecule has 0 spiro atoms. The van der Waals surface area contributed by atoms with Crippen molar-refractivity contribution in [3.8, 4) is 0 Å². The second kappa shape index (κ2) is 9.42. The van der Waals surface area contributed by atoms with Crippen LogP contribution in [0, 0.1) is 0 Å². The van der Waals surface area contributed by atoms with Crippen LogP contribution < -0.4 is 0 Å². The van der Waals surface area contributed by atoms with Gasteiger partial charge in [0.2, 0.25) is 0 Å². The number of benzene rings is 1. The van der Waals surface area contributed by atoms with Crippen molar-refractivity contribution >= 4 is 23.5 Å². The summed E-state index contributed by atoms with van der Waals surface area (Å²) in [5.41, 5.74) is 1.20. The van der Waals surface area contributed by atoms with Gasteiger partial charge in [0.05, 0.1) is 6.10 Å². The van der Waals surface area contributed by atoms with Crippen molar-refractivity contribution in [3.63, 3.8) is 0 Å². The molecule has 6 nitrogen and oxygen atoms in total. The quantitative estimate of drug-likeness (QED) is 0.721. The van der Waals surface area contributed by atoms with Crippen LogP contribution in [0.3, 0.4) is 0 Å². The van der Waals surface area contributed by atoms with E-state index in [1.807, 2.05) is 18.2 Å². The van der Waals surface area contributed by atoms with Gasteiger partial charge in [0.15, 0.2) is 0 Å². The number of carboxylic acids is 2. The van der Waals surface area contributed by atoms with Crippen molar-refractivity contribution in [3.05, 3.63) is 47.0 Å². The molecule has 0 radical (unpaired) electrons. The van der Waals surface area contributed by atoms with E-state index in [4.69, 9.17) is 21.8 Å². The van der Waals surface area contributed by atoms with Gasteiger partial charge in [-0.05, 0) is 44.5 Å². The molecule has 1 aliphatic rings. The minimum atomic E-state index is -1.26. The molecule has 1 aromatic rings. The van der Waals surface area contributed by atoms with E-state index in [1.54, 1.807) is 0 Å². The molecule has 0 bridgehead atoms. The van der Waals surface area contributed by atoms with E-state index < -0.39 is 11.9 Å². The molecule has 3 N–H and O–H groups in total. The molecule has 0 aromatic heterocycles. The van der Waals surface area contributed by atoms with Gasteiger partial charge >= 0.3 is 11.9 Å². The number of aliphatic hydroxyl groups is 1. The number of carbonyl (C=O) groups is 2. The third kappa shape index (κ3) is 6.70. The summed E-state index contributed by atoms with van der Waals surface area (Å²) in [5.74, 6) is -2.51. The summed E-state index contributed by atoms with van der Waals surface area (Å²) in [7, 11) is 2.11. The molecule has 1 heterocycles. The molecule has 7 heteroatoms. The molecular weight excluding hydrogens is 334 g/mol. The van der Waals surface area contributed by atoms with E-state index >= 15 is 0 Å². The fourth-order valence-electron chi connectivity index (χ4n) is 2.62. The number of hydrogen-bond donors (Lipinski definition) is 3. The van der Waals surface area contributed by atoms with Crippen molar-refractivity contribution in [1.82, 2.24) is 4.90 Å². The molecule has 3 unspecified atom stereocenters. The first kappa shape index (κ1) is 20.2. The summed E-state index contributed by atoms with van der Waals surface area (Å²) in [6.45, 7) is 2.15. The van der Waals surface area contributed by atoms with Gasteiger partial charge in [0.25, 0.3) is 0 Å². The lowest BCUT2D eigenvalue weighted by atomic mass is 9.90. The molecule has 0 amide bonds. The van der Waals surface area contributed by atoms with E-state index in [1.165, 1.54) is 5.56 Å². The largest absolute Gasteiger partial charge is 0.478 e. The SMILES string of the molecule is CC1CC(O)CC(c2cccc(Cl)c2)N1C.O=C(O)/C=C/C(=O)O. The van der Waals surface area contributed by atoms with Gasteiger partial charge in [-0.3, -0.25) is 4.90 Å². The average molecular weight is 356 g/mol. The Morgan fingerprint density at radius 1 is 1.21 bits per heavy atom. The first-order chi connectivity index (χ1) is 11.2. The third-order valence-corrected chi connectivity index (χ3v) is 4.13. The first-order valence-corrected chi connectivity index (χ1v) is 7.88. The summed E-state index contributed by atoms with van der Waals surface area (Å²) in [6, 6.07) is 8.61. The molecule has 1 aromatic carbocycles. The molecule has 0 saturated carbocycles. The van der Waals surface area contributed by atoms with Gasteiger partial charge in [0, 0.05) is 29.3 Å². The van der Waals surface area contributed by atoms with Crippen LogP contribution in [0.1, 0.15) is 31.4 Å². The molecule has 132 valence electrons. The zero-order chi connectivity index (χ0) is 18.3. The molecule has 1 fully saturated rings. The molecular formula is C17H22ClNO5. The lowest BCUT2D eigenvalue weighted by molar-refractivity contribution is -0.134. The molecule has 1 aliphatic heterocycles. The third-order valence-electron chi connectivity index (χ3n) is 3.90. The van der Waals surface area contributed by atoms with E-state index in [0.29, 0.717) is 18.2 Å². The minimum Gasteiger partial charge on any atom is -0.478 e. The predicted octanol–water partition coefficient (Wildman–Crippen LogP) is 2.57. The van der Waals surface area contributed by atoms with Crippen LogP contribution in [0.2, 0.25) is 5.02 Å². The highest BCUT2D eigenvalue weighted by Gasteiger charge is 2.30. The van der Waals surface area contributed by atoms with Crippen LogP contribution in [-0.4, -0.2) is 51.4 Å². The van der Waals surface area contributed by atoms with Crippen LogP contribution in [0.25, 0.3) is 0 Å². The molecule has 2 rings (SSSR count). The molecule has 24 heavy (non-hydrogen) atoms. The van der Waals surface area contributed by atoms with Crippen molar-refractivity contribution in [1.29, 1.82) is 0 Å². The summed E-state index contributed by atoms with van der Waals surface area (Å²) < 4.78 is 0. The van der Waals surface area contributed by atoms with E-state index in [-0.39, 0.29) is 12.1 Å². The second-order valence-corrected chi connectivity index (χ2v) is 6.16. The Hall–Kier alpha value is -1.89. The number of piperidine rings is 1. The van der Waals surface area contributed by atoms with Crippen molar-refractivity contribution in [2.75, 3.05) is 7.05 Å². The van der Waals surface area contributed by atoms with E-state index in [0.717, 1.165) is 17.9 Å².